The summed E-state index contributed by atoms with van der Waals surface area (Å²) < 4.78 is 10.5. The number of rotatable bonds is 3. The third kappa shape index (κ3) is 3.04. The summed E-state index contributed by atoms with van der Waals surface area (Å²) >= 11 is 0. The summed E-state index contributed by atoms with van der Waals surface area (Å²) in [4.78, 5) is 27.1. The lowest BCUT2D eigenvalue weighted by molar-refractivity contribution is -0.147. The number of carbonyl (C=O) groups excluding carboxylic acids is 2. The lowest BCUT2D eigenvalue weighted by atomic mass is 9.71. The number of carbonyl (C=O) groups is 2. The monoisotopic (exact) mass is 348 g/mol. The van der Waals surface area contributed by atoms with Crippen molar-refractivity contribution in [3.8, 4) is 11.5 Å². The standard InChI is InChI=1S/C18H24N2O5/c1-24-12-4-5-13(14(10-12)25-2)16(22)20-9-6-15(21)18(11-20)7-3-8-19-17(18)23/h4-5,10,15,21H,3,6-9,11H2,1-2H3,(H,19,23)/t15?,18-/m1/s1. The van der Waals surface area contributed by atoms with E-state index in [1.54, 1.807) is 30.2 Å². The molecule has 2 atom stereocenters. The van der Waals surface area contributed by atoms with Gasteiger partial charge in [0, 0.05) is 25.7 Å². The number of aliphatic hydroxyl groups excluding tert-OH is 1. The highest BCUT2D eigenvalue weighted by molar-refractivity contribution is 5.98. The number of amides is 2. The van der Waals surface area contributed by atoms with Crippen LogP contribution in [0, 0.1) is 5.41 Å². The molecule has 1 aromatic rings. The second kappa shape index (κ2) is 6.92. The van der Waals surface area contributed by atoms with Gasteiger partial charge in [0.2, 0.25) is 5.91 Å². The van der Waals surface area contributed by atoms with Crippen molar-refractivity contribution in [2.24, 2.45) is 5.41 Å². The minimum atomic E-state index is -0.911. The van der Waals surface area contributed by atoms with Crippen molar-refractivity contribution in [3.05, 3.63) is 23.8 Å². The van der Waals surface area contributed by atoms with Gasteiger partial charge in [0.1, 0.15) is 11.5 Å². The molecule has 0 aromatic heterocycles. The van der Waals surface area contributed by atoms with Crippen molar-refractivity contribution in [2.75, 3.05) is 33.9 Å². The van der Waals surface area contributed by atoms with Crippen molar-refractivity contribution in [2.45, 2.75) is 25.4 Å². The largest absolute Gasteiger partial charge is 0.497 e. The van der Waals surface area contributed by atoms with Gasteiger partial charge in [0.15, 0.2) is 0 Å². The first-order chi connectivity index (χ1) is 12.0. The number of nitrogens with zero attached hydrogens (tertiary/aromatic N) is 1. The molecule has 1 aromatic carbocycles. The van der Waals surface area contributed by atoms with Gasteiger partial charge in [-0.3, -0.25) is 9.59 Å². The van der Waals surface area contributed by atoms with Crippen LogP contribution >= 0.6 is 0 Å². The molecule has 2 heterocycles. The summed E-state index contributed by atoms with van der Waals surface area (Å²) in [6.07, 6.45) is 1.05. The lowest BCUT2D eigenvalue weighted by Gasteiger charge is -2.46. The van der Waals surface area contributed by atoms with Crippen LogP contribution in [0.15, 0.2) is 18.2 Å². The molecule has 3 rings (SSSR count). The number of aliphatic hydroxyl groups is 1. The minimum Gasteiger partial charge on any atom is -0.497 e. The molecule has 2 fully saturated rings. The number of nitrogens with one attached hydrogen (secondary N) is 1. The molecule has 2 aliphatic heterocycles. The summed E-state index contributed by atoms with van der Waals surface area (Å²) in [5.74, 6) is 0.665. The fraction of sp³-hybridized carbons (Fsp3) is 0.556. The van der Waals surface area contributed by atoms with Crippen molar-refractivity contribution in [3.63, 3.8) is 0 Å². The van der Waals surface area contributed by atoms with E-state index in [1.165, 1.54) is 7.11 Å². The quantitative estimate of drug-likeness (QED) is 0.844. The number of piperidine rings is 2. The predicted octanol–water partition coefficient (Wildman–Crippen LogP) is 0.807. The molecule has 136 valence electrons. The van der Waals surface area contributed by atoms with Gasteiger partial charge in [-0.2, -0.15) is 0 Å². The molecule has 0 saturated carbocycles. The average molecular weight is 348 g/mol. The number of hydrogen-bond acceptors (Lipinski definition) is 5. The molecule has 2 N–H and O–H groups in total. The molecule has 0 radical (unpaired) electrons. The molecule has 7 heteroatoms. The summed E-state index contributed by atoms with van der Waals surface area (Å²) in [6.45, 7) is 1.24. The summed E-state index contributed by atoms with van der Waals surface area (Å²) in [5, 5.41) is 13.3. The second-order valence-corrected chi connectivity index (χ2v) is 6.61. The molecular formula is C18H24N2O5. The van der Waals surface area contributed by atoms with Gasteiger partial charge in [-0.15, -0.1) is 0 Å². The Balaban J connectivity index is 1.87. The minimum absolute atomic E-state index is 0.162. The SMILES string of the molecule is COc1ccc(C(=O)N2CCC(O)[C@@]3(CCCNC3=O)C2)c(OC)c1. The van der Waals surface area contributed by atoms with Gasteiger partial charge in [0.25, 0.3) is 5.91 Å². The number of hydrogen-bond donors (Lipinski definition) is 2. The second-order valence-electron chi connectivity index (χ2n) is 6.61. The van der Waals surface area contributed by atoms with Gasteiger partial charge in [-0.25, -0.2) is 0 Å². The zero-order chi connectivity index (χ0) is 18.0. The van der Waals surface area contributed by atoms with E-state index in [9.17, 15) is 14.7 Å². The zero-order valence-electron chi connectivity index (χ0n) is 14.6. The van der Waals surface area contributed by atoms with Crippen LogP contribution < -0.4 is 14.8 Å². The molecular weight excluding hydrogens is 324 g/mol. The smallest absolute Gasteiger partial charge is 0.257 e. The Morgan fingerprint density at radius 1 is 1.36 bits per heavy atom. The Morgan fingerprint density at radius 3 is 2.84 bits per heavy atom. The first-order valence-electron chi connectivity index (χ1n) is 8.49. The lowest BCUT2D eigenvalue weighted by Crippen LogP contribution is -2.62. The molecule has 7 nitrogen and oxygen atoms in total. The van der Waals surface area contributed by atoms with Gasteiger partial charge in [-0.1, -0.05) is 0 Å². The Kier molecular flexibility index (Phi) is 4.85. The van der Waals surface area contributed by atoms with Gasteiger partial charge in [-0.05, 0) is 31.4 Å². The van der Waals surface area contributed by atoms with Gasteiger partial charge < -0.3 is 24.8 Å². The Labute approximate surface area is 146 Å². The van der Waals surface area contributed by atoms with Crippen LogP contribution in [0.25, 0.3) is 0 Å². The van der Waals surface area contributed by atoms with Crippen LogP contribution in [0.5, 0.6) is 11.5 Å². The van der Waals surface area contributed by atoms with E-state index >= 15 is 0 Å². The fourth-order valence-corrected chi connectivity index (χ4v) is 3.76. The third-order valence-corrected chi connectivity index (χ3v) is 5.25. The van der Waals surface area contributed by atoms with E-state index in [0.29, 0.717) is 43.0 Å². The molecule has 1 spiro atoms. The van der Waals surface area contributed by atoms with Crippen LogP contribution in [0.3, 0.4) is 0 Å². The van der Waals surface area contributed by atoms with Crippen molar-refractivity contribution in [1.82, 2.24) is 10.2 Å². The number of methoxy groups -OCH3 is 2. The molecule has 0 aliphatic carbocycles. The molecule has 1 unspecified atom stereocenters. The number of benzene rings is 1. The van der Waals surface area contributed by atoms with Crippen LogP contribution in [-0.2, 0) is 4.79 Å². The average Bonchev–Trinajstić information content (AvgIpc) is 2.65. The molecule has 2 aliphatic rings. The number of likely N-dealkylation sites (tertiary alicyclic amines) is 1. The van der Waals surface area contributed by atoms with E-state index < -0.39 is 11.5 Å². The van der Waals surface area contributed by atoms with Gasteiger partial charge >= 0.3 is 0 Å². The topological polar surface area (TPSA) is 88.1 Å². The van der Waals surface area contributed by atoms with Gasteiger partial charge in [0.05, 0.1) is 31.3 Å². The van der Waals surface area contributed by atoms with E-state index in [1.807, 2.05) is 0 Å². The summed E-state index contributed by atoms with van der Waals surface area (Å²) in [5.41, 5.74) is -0.489. The van der Waals surface area contributed by atoms with E-state index in [0.717, 1.165) is 6.42 Å². The predicted molar refractivity (Wildman–Crippen MR) is 90.8 cm³/mol. The highest BCUT2D eigenvalue weighted by Crippen LogP contribution is 2.38. The summed E-state index contributed by atoms with van der Waals surface area (Å²) in [7, 11) is 3.05. The molecule has 2 amide bonds. The van der Waals surface area contributed by atoms with E-state index in [4.69, 9.17) is 9.47 Å². The molecule has 0 bridgehead atoms. The van der Waals surface area contributed by atoms with E-state index in [-0.39, 0.29) is 18.4 Å². The normalized spacial score (nSPS) is 26.3. The van der Waals surface area contributed by atoms with Crippen LogP contribution in [-0.4, -0.2) is 61.8 Å². The Morgan fingerprint density at radius 2 is 2.16 bits per heavy atom. The number of ether oxygens (including phenoxy) is 2. The first-order valence-corrected chi connectivity index (χ1v) is 8.49. The van der Waals surface area contributed by atoms with Crippen LogP contribution in [0.1, 0.15) is 29.6 Å². The zero-order valence-corrected chi connectivity index (χ0v) is 14.6. The van der Waals surface area contributed by atoms with Crippen LogP contribution in [0.2, 0.25) is 0 Å². The summed E-state index contributed by atoms with van der Waals surface area (Å²) in [6, 6.07) is 5.03. The van der Waals surface area contributed by atoms with E-state index in [2.05, 4.69) is 5.32 Å². The van der Waals surface area contributed by atoms with Crippen molar-refractivity contribution in [1.29, 1.82) is 0 Å². The highest BCUT2D eigenvalue weighted by Gasteiger charge is 2.50. The van der Waals surface area contributed by atoms with Crippen molar-refractivity contribution < 1.29 is 24.2 Å². The third-order valence-electron chi connectivity index (χ3n) is 5.25. The Hall–Kier alpha value is -2.28. The van der Waals surface area contributed by atoms with Crippen molar-refractivity contribution >= 4 is 11.8 Å². The maximum absolute atomic E-state index is 13.0. The van der Waals surface area contributed by atoms with Crippen LogP contribution in [0.4, 0.5) is 0 Å². The Bertz CT molecular complexity index is 677. The first kappa shape index (κ1) is 17.5. The maximum atomic E-state index is 13.0. The molecule has 2 saturated heterocycles. The highest BCUT2D eigenvalue weighted by atomic mass is 16.5. The molecule has 25 heavy (non-hydrogen) atoms. The fourth-order valence-electron chi connectivity index (χ4n) is 3.76. The maximum Gasteiger partial charge on any atom is 0.257 e.